The van der Waals surface area contributed by atoms with Gasteiger partial charge in [0.05, 0.1) is 40.3 Å². The van der Waals surface area contributed by atoms with Crippen molar-refractivity contribution in [2.75, 3.05) is 41.0 Å². The molecule has 0 fully saturated rings. The van der Waals surface area contributed by atoms with E-state index in [1.165, 1.54) is 161 Å². The topological polar surface area (TPSA) is 102 Å². The van der Waals surface area contributed by atoms with Crippen LogP contribution >= 0.6 is 0 Å². The van der Waals surface area contributed by atoms with Crippen LogP contribution in [-0.4, -0.2) is 75.5 Å². The molecule has 2 atom stereocenters. The number of nitrogens with zero attached hydrogens (tertiary/aromatic N) is 1. The normalized spacial score (nSPS) is 13.1. The highest BCUT2D eigenvalue weighted by Gasteiger charge is 2.25. The summed E-state index contributed by atoms with van der Waals surface area (Å²) >= 11 is 0. The number of carboxylic acids is 1. The predicted molar refractivity (Wildman–Crippen MR) is 268 cm³/mol. The first-order valence-electron chi connectivity index (χ1n) is 27.0. The number of rotatable bonds is 49. The summed E-state index contributed by atoms with van der Waals surface area (Å²) in [6, 6.07) is -0.724. The van der Waals surface area contributed by atoms with E-state index in [1.54, 1.807) is 0 Å². The van der Waals surface area contributed by atoms with Crippen LogP contribution in [0, 0.1) is 0 Å². The monoisotopic (exact) mass is 902 g/mol. The van der Waals surface area contributed by atoms with E-state index in [9.17, 15) is 19.5 Å². The Bertz CT molecular complexity index is 1140. The molecule has 0 amide bonds. The van der Waals surface area contributed by atoms with Gasteiger partial charge in [-0.2, -0.15) is 0 Å². The maximum Gasteiger partial charge on any atom is 0.306 e. The van der Waals surface area contributed by atoms with E-state index in [0.717, 1.165) is 57.8 Å². The number of hydrogen-bond donors (Lipinski definition) is 0. The number of hydrogen-bond acceptors (Lipinski definition) is 7. The highest BCUT2D eigenvalue weighted by molar-refractivity contribution is 5.70. The second-order valence-electron chi connectivity index (χ2n) is 19.4. The standard InChI is InChI=1S/C56H103NO7/c1-6-8-10-12-14-16-18-20-22-24-25-26-27-28-29-31-33-35-37-39-41-43-45-47-55(59)64-52(50-62-49-48-53(56(60)61)57(3,4)5)51-63-54(58)46-44-42-40-38-36-34-32-30-23-21-19-17-15-13-11-9-7-2/h8,10,14,16,20,22,52-53H,6-7,9,11-13,15,17-19,21,23-51H2,1-5H3/b10-8+,16-14+,22-20+. The number of allylic oxidation sites excluding steroid dienone is 6. The molecular formula is C56H103NO7. The first-order valence-corrected chi connectivity index (χ1v) is 27.0. The van der Waals surface area contributed by atoms with Crippen LogP contribution in [0.1, 0.15) is 251 Å². The Morgan fingerprint density at radius 3 is 1.30 bits per heavy atom. The largest absolute Gasteiger partial charge is 0.544 e. The molecule has 0 heterocycles. The highest BCUT2D eigenvalue weighted by atomic mass is 16.6. The van der Waals surface area contributed by atoms with Gasteiger partial charge in [-0.3, -0.25) is 9.59 Å². The van der Waals surface area contributed by atoms with Gasteiger partial charge in [-0.15, -0.1) is 0 Å². The zero-order valence-electron chi connectivity index (χ0n) is 42.7. The van der Waals surface area contributed by atoms with Gasteiger partial charge in [-0.25, -0.2) is 0 Å². The fourth-order valence-electron chi connectivity index (χ4n) is 8.15. The number of carbonyl (C=O) groups excluding carboxylic acids is 3. The van der Waals surface area contributed by atoms with Gasteiger partial charge in [-0.05, 0) is 44.9 Å². The van der Waals surface area contributed by atoms with Gasteiger partial charge in [0.25, 0.3) is 0 Å². The predicted octanol–water partition coefficient (Wildman–Crippen LogP) is 14.4. The molecule has 374 valence electrons. The van der Waals surface area contributed by atoms with Crippen LogP contribution in [-0.2, 0) is 28.6 Å². The Hall–Kier alpha value is -2.45. The van der Waals surface area contributed by atoms with Crippen molar-refractivity contribution in [1.29, 1.82) is 0 Å². The minimum Gasteiger partial charge on any atom is -0.544 e. The molecule has 64 heavy (non-hydrogen) atoms. The van der Waals surface area contributed by atoms with Crippen LogP contribution in [0.3, 0.4) is 0 Å². The third kappa shape index (κ3) is 44.7. The van der Waals surface area contributed by atoms with Crippen molar-refractivity contribution in [2.45, 2.75) is 264 Å². The van der Waals surface area contributed by atoms with Gasteiger partial charge in [0, 0.05) is 19.3 Å². The molecule has 8 nitrogen and oxygen atoms in total. The lowest BCUT2D eigenvalue weighted by Crippen LogP contribution is -2.55. The lowest BCUT2D eigenvalue weighted by molar-refractivity contribution is -0.889. The molecule has 0 aromatic carbocycles. The van der Waals surface area contributed by atoms with Crippen molar-refractivity contribution in [3.05, 3.63) is 36.5 Å². The zero-order valence-corrected chi connectivity index (χ0v) is 42.7. The third-order valence-corrected chi connectivity index (χ3v) is 12.3. The van der Waals surface area contributed by atoms with E-state index < -0.39 is 18.1 Å². The summed E-state index contributed by atoms with van der Waals surface area (Å²) in [5.41, 5.74) is 0. The van der Waals surface area contributed by atoms with E-state index in [-0.39, 0.29) is 42.7 Å². The highest BCUT2D eigenvalue weighted by Crippen LogP contribution is 2.17. The van der Waals surface area contributed by atoms with Gasteiger partial charge < -0.3 is 28.6 Å². The number of aliphatic carboxylic acids is 1. The molecule has 0 bridgehead atoms. The van der Waals surface area contributed by atoms with Gasteiger partial charge in [-0.1, -0.05) is 224 Å². The van der Waals surface area contributed by atoms with E-state index in [0.29, 0.717) is 12.8 Å². The van der Waals surface area contributed by atoms with Crippen LogP contribution in [0.4, 0.5) is 0 Å². The Kier molecular flexibility index (Phi) is 45.3. The Labute approximate surface area is 395 Å². The zero-order chi connectivity index (χ0) is 47.0. The number of quaternary nitrogens is 1. The van der Waals surface area contributed by atoms with Crippen molar-refractivity contribution in [2.24, 2.45) is 0 Å². The molecule has 0 radical (unpaired) electrons. The van der Waals surface area contributed by atoms with Crippen LogP contribution in [0.5, 0.6) is 0 Å². The van der Waals surface area contributed by atoms with Crippen molar-refractivity contribution in [1.82, 2.24) is 0 Å². The van der Waals surface area contributed by atoms with Gasteiger partial charge in [0.1, 0.15) is 12.6 Å². The molecule has 0 rings (SSSR count). The number of esters is 2. The Balaban J connectivity index is 4.17. The first kappa shape index (κ1) is 61.5. The summed E-state index contributed by atoms with van der Waals surface area (Å²) in [4.78, 5) is 37.1. The van der Waals surface area contributed by atoms with Crippen LogP contribution in [0.15, 0.2) is 36.5 Å². The number of unbranched alkanes of at least 4 members (excludes halogenated alkanes) is 29. The molecule has 0 aliphatic carbocycles. The second kappa shape index (κ2) is 47.1. The van der Waals surface area contributed by atoms with Crippen molar-refractivity contribution < 1.29 is 38.2 Å². The molecule has 0 aliphatic heterocycles. The Morgan fingerprint density at radius 2 is 0.875 bits per heavy atom. The molecule has 0 spiro atoms. The van der Waals surface area contributed by atoms with Crippen LogP contribution < -0.4 is 5.11 Å². The van der Waals surface area contributed by atoms with E-state index >= 15 is 0 Å². The number of ether oxygens (including phenoxy) is 3. The fourth-order valence-corrected chi connectivity index (χ4v) is 8.15. The molecule has 0 aliphatic rings. The molecule has 8 heteroatoms. The summed E-state index contributed by atoms with van der Waals surface area (Å²) in [6.45, 7) is 4.60. The van der Waals surface area contributed by atoms with Crippen LogP contribution in [0.25, 0.3) is 0 Å². The molecule has 0 saturated heterocycles. The molecule has 0 aromatic rings. The third-order valence-electron chi connectivity index (χ3n) is 12.3. The quantitative estimate of drug-likeness (QED) is 0.0259. The maximum atomic E-state index is 12.8. The maximum absolute atomic E-state index is 12.8. The molecule has 2 unspecified atom stereocenters. The number of carbonyl (C=O) groups is 3. The SMILES string of the molecule is CC/C=C/C/C=C/C/C=C/CCCCCCCCCCCCCCCC(=O)OC(COCCC(C(=O)[O-])[N+](C)(C)C)COC(=O)CCCCCCCCCCCCCCCCCCC. The number of carboxylic acid groups (broad SMARTS) is 1. The Morgan fingerprint density at radius 1 is 0.484 bits per heavy atom. The second-order valence-corrected chi connectivity index (χ2v) is 19.4. The van der Waals surface area contributed by atoms with E-state index in [1.807, 2.05) is 21.1 Å². The van der Waals surface area contributed by atoms with Gasteiger partial charge in [0.2, 0.25) is 0 Å². The van der Waals surface area contributed by atoms with Gasteiger partial charge >= 0.3 is 11.9 Å². The van der Waals surface area contributed by atoms with Crippen molar-refractivity contribution in [3.8, 4) is 0 Å². The van der Waals surface area contributed by atoms with Crippen molar-refractivity contribution >= 4 is 17.9 Å². The molecular weight excluding hydrogens is 799 g/mol. The summed E-state index contributed by atoms with van der Waals surface area (Å²) < 4.78 is 17.3. The fraction of sp³-hybridized carbons (Fsp3) is 0.839. The summed E-state index contributed by atoms with van der Waals surface area (Å²) in [5, 5.41) is 11.7. The average molecular weight is 902 g/mol. The van der Waals surface area contributed by atoms with Gasteiger partial charge in [0.15, 0.2) is 6.10 Å². The lowest BCUT2D eigenvalue weighted by atomic mass is 10.0. The smallest absolute Gasteiger partial charge is 0.306 e. The van der Waals surface area contributed by atoms with E-state index in [2.05, 4.69) is 50.3 Å². The van der Waals surface area contributed by atoms with Crippen LogP contribution in [0.2, 0.25) is 0 Å². The minimum atomic E-state index is -1.12. The summed E-state index contributed by atoms with van der Waals surface area (Å²) in [5.74, 6) is -1.72. The average Bonchev–Trinajstić information content (AvgIpc) is 3.26. The first-order chi connectivity index (χ1) is 31.1. The summed E-state index contributed by atoms with van der Waals surface area (Å²) in [7, 11) is 5.43. The molecule has 0 N–H and O–H groups in total. The lowest BCUT2D eigenvalue weighted by Gasteiger charge is -2.34. The summed E-state index contributed by atoms with van der Waals surface area (Å²) in [6.07, 6.45) is 56.0. The molecule has 0 saturated carbocycles. The minimum absolute atomic E-state index is 0.0444. The number of likely N-dealkylation sites (N-methyl/N-ethyl adjacent to an activating group) is 1. The van der Waals surface area contributed by atoms with Crippen molar-refractivity contribution in [3.63, 3.8) is 0 Å². The van der Waals surface area contributed by atoms with E-state index in [4.69, 9.17) is 14.2 Å². The molecule has 0 aromatic heterocycles.